The normalized spacial score (nSPS) is 13.1. The highest BCUT2D eigenvalue weighted by Crippen LogP contribution is 2.13. The summed E-state index contributed by atoms with van der Waals surface area (Å²) in [5.74, 6) is 0. The Labute approximate surface area is 90.8 Å². The molecule has 0 radical (unpaired) electrons. The van der Waals surface area contributed by atoms with Crippen molar-refractivity contribution in [1.29, 1.82) is 0 Å². The van der Waals surface area contributed by atoms with Gasteiger partial charge in [0.1, 0.15) is 0 Å². The third-order valence-corrected chi connectivity index (χ3v) is 3.54. The smallest absolute Gasteiger partial charge is 0.0928 e. The Morgan fingerprint density at radius 1 is 1.57 bits per heavy atom. The van der Waals surface area contributed by atoms with Gasteiger partial charge in [0, 0.05) is 17.1 Å². The zero-order valence-corrected chi connectivity index (χ0v) is 10.2. The summed E-state index contributed by atoms with van der Waals surface area (Å²) < 4.78 is 0. The molecule has 3 heteroatoms. The van der Waals surface area contributed by atoms with E-state index in [1.165, 1.54) is 24.3 Å². The molecule has 0 aliphatic heterocycles. The van der Waals surface area contributed by atoms with Crippen LogP contribution in [0.4, 0.5) is 0 Å². The highest BCUT2D eigenvalue weighted by atomic mass is 32.1. The van der Waals surface area contributed by atoms with Crippen molar-refractivity contribution >= 4 is 11.3 Å². The fraction of sp³-hybridized carbons (Fsp3) is 0.727. The van der Waals surface area contributed by atoms with Crippen LogP contribution in [-0.2, 0) is 6.42 Å². The summed E-state index contributed by atoms with van der Waals surface area (Å²) >= 11 is 1.78. The van der Waals surface area contributed by atoms with Crippen LogP contribution in [0, 0.1) is 6.92 Å². The molecule has 0 saturated carbocycles. The van der Waals surface area contributed by atoms with Gasteiger partial charge < -0.3 is 5.32 Å². The molecule has 0 aromatic carbocycles. The van der Waals surface area contributed by atoms with Gasteiger partial charge >= 0.3 is 0 Å². The van der Waals surface area contributed by atoms with Gasteiger partial charge in [-0.15, -0.1) is 11.3 Å². The lowest BCUT2D eigenvalue weighted by Gasteiger charge is -2.12. The Kier molecular flexibility index (Phi) is 5.12. The van der Waals surface area contributed by atoms with Gasteiger partial charge in [0.25, 0.3) is 0 Å². The first-order chi connectivity index (χ1) is 6.76. The van der Waals surface area contributed by atoms with Gasteiger partial charge in [-0.2, -0.15) is 0 Å². The van der Waals surface area contributed by atoms with E-state index < -0.39 is 0 Å². The van der Waals surface area contributed by atoms with Crippen molar-refractivity contribution in [2.75, 3.05) is 7.05 Å². The van der Waals surface area contributed by atoms with E-state index in [1.807, 2.05) is 7.05 Å². The molecule has 1 rings (SSSR count). The Morgan fingerprint density at radius 3 is 2.86 bits per heavy atom. The molecule has 1 unspecified atom stereocenters. The van der Waals surface area contributed by atoms with Crippen LogP contribution in [0.15, 0.2) is 5.38 Å². The molecule has 0 fully saturated rings. The monoisotopic (exact) mass is 212 g/mol. The van der Waals surface area contributed by atoms with Gasteiger partial charge in [-0.3, -0.25) is 0 Å². The predicted molar refractivity (Wildman–Crippen MR) is 62.9 cm³/mol. The third-order valence-electron chi connectivity index (χ3n) is 2.51. The van der Waals surface area contributed by atoms with Crippen molar-refractivity contribution in [3.05, 3.63) is 16.1 Å². The second kappa shape index (κ2) is 6.14. The summed E-state index contributed by atoms with van der Waals surface area (Å²) in [7, 11) is 2.04. The number of aryl methyl sites for hydroxylation is 2. The zero-order chi connectivity index (χ0) is 10.4. The molecule has 0 bridgehead atoms. The summed E-state index contributed by atoms with van der Waals surface area (Å²) in [6.07, 6.45) is 4.85. The van der Waals surface area contributed by atoms with Crippen LogP contribution in [0.25, 0.3) is 0 Å². The molecule has 1 N–H and O–H groups in total. The fourth-order valence-corrected chi connectivity index (χ4v) is 2.39. The third kappa shape index (κ3) is 3.76. The second-order valence-corrected chi connectivity index (χ2v) is 4.61. The second-order valence-electron chi connectivity index (χ2n) is 3.67. The summed E-state index contributed by atoms with van der Waals surface area (Å²) in [4.78, 5) is 4.46. The highest BCUT2D eigenvalue weighted by molar-refractivity contribution is 7.09. The molecule has 80 valence electrons. The maximum absolute atomic E-state index is 4.46. The standard InChI is InChI=1S/C11H20N2S/c1-4-10(12-3)6-5-7-11-13-9(2)8-14-11/h8,10,12H,4-7H2,1-3H3. The average Bonchev–Trinajstić information content (AvgIpc) is 2.59. The predicted octanol–water partition coefficient (Wildman–Crippen LogP) is 2.77. The van der Waals surface area contributed by atoms with Crippen LogP contribution in [0.1, 0.15) is 36.9 Å². The van der Waals surface area contributed by atoms with Crippen LogP contribution in [0.3, 0.4) is 0 Å². The molecule has 0 aliphatic carbocycles. The quantitative estimate of drug-likeness (QED) is 0.784. The van der Waals surface area contributed by atoms with Crippen LogP contribution in [0.5, 0.6) is 0 Å². The summed E-state index contributed by atoms with van der Waals surface area (Å²) in [6, 6.07) is 0.677. The molecule has 0 spiro atoms. The Bertz CT molecular complexity index is 254. The van der Waals surface area contributed by atoms with Gasteiger partial charge in [0.15, 0.2) is 0 Å². The Morgan fingerprint density at radius 2 is 2.36 bits per heavy atom. The van der Waals surface area contributed by atoms with Crippen molar-refractivity contribution in [2.24, 2.45) is 0 Å². The van der Waals surface area contributed by atoms with Crippen molar-refractivity contribution in [3.63, 3.8) is 0 Å². The van der Waals surface area contributed by atoms with E-state index in [9.17, 15) is 0 Å². The first-order valence-electron chi connectivity index (χ1n) is 5.34. The maximum Gasteiger partial charge on any atom is 0.0928 e. The summed E-state index contributed by atoms with van der Waals surface area (Å²) in [6.45, 7) is 4.29. The Balaban J connectivity index is 2.21. The van der Waals surface area contributed by atoms with Gasteiger partial charge in [-0.1, -0.05) is 6.92 Å². The fourth-order valence-electron chi connectivity index (χ4n) is 1.57. The summed E-state index contributed by atoms with van der Waals surface area (Å²) in [5, 5.41) is 6.74. The van der Waals surface area contributed by atoms with Crippen molar-refractivity contribution in [2.45, 2.75) is 45.6 Å². The molecule has 2 nitrogen and oxygen atoms in total. The van der Waals surface area contributed by atoms with Crippen molar-refractivity contribution < 1.29 is 0 Å². The lowest BCUT2D eigenvalue weighted by molar-refractivity contribution is 0.491. The Hall–Kier alpha value is -0.410. The molecular weight excluding hydrogens is 192 g/mol. The average molecular weight is 212 g/mol. The molecule has 1 heterocycles. The molecule has 1 aromatic rings. The number of rotatable bonds is 6. The number of hydrogen-bond donors (Lipinski definition) is 1. The van der Waals surface area contributed by atoms with Gasteiger partial charge in [0.05, 0.1) is 5.01 Å². The van der Waals surface area contributed by atoms with Gasteiger partial charge in [-0.05, 0) is 39.7 Å². The number of nitrogens with zero attached hydrogens (tertiary/aromatic N) is 1. The molecule has 14 heavy (non-hydrogen) atoms. The van der Waals surface area contributed by atoms with E-state index >= 15 is 0 Å². The molecule has 0 aliphatic rings. The van der Waals surface area contributed by atoms with Crippen molar-refractivity contribution in [3.8, 4) is 0 Å². The minimum Gasteiger partial charge on any atom is -0.317 e. The van der Waals surface area contributed by atoms with E-state index in [2.05, 4.69) is 29.5 Å². The van der Waals surface area contributed by atoms with Crippen LogP contribution >= 0.6 is 11.3 Å². The molecule has 0 amide bonds. The number of nitrogens with one attached hydrogen (secondary N) is 1. The highest BCUT2D eigenvalue weighted by Gasteiger charge is 2.03. The number of aromatic nitrogens is 1. The van der Waals surface area contributed by atoms with Crippen molar-refractivity contribution in [1.82, 2.24) is 10.3 Å². The lowest BCUT2D eigenvalue weighted by Crippen LogP contribution is -2.23. The maximum atomic E-state index is 4.46. The van der Waals surface area contributed by atoms with Crippen LogP contribution in [0.2, 0.25) is 0 Å². The summed E-state index contributed by atoms with van der Waals surface area (Å²) in [5.41, 5.74) is 1.16. The van der Waals surface area contributed by atoms with Crippen LogP contribution in [-0.4, -0.2) is 18.1 Å². The number of hydrogen-bond acceptors (Lipinski definition) is 3. The largest absolute Gasteiger partial charge is 0.317 e. The minimum atomic E-state index is 0.677. The topological polar surface area (TPSA) is 24.9 Å². The van der Waals surface area contributed by atoms with Gasteiger partial charge in [0.2, 0.25) is 0 Å². The molecule has 1 atom stereocenters. The molecule has 1 aromatic heterocycles. The van der Waals surface area contributed by atoms with Gasteiger partial charge in [-0.25, -0.2) is 4.98 Å². The number of thiazole rings is 1. The minimum absolute atomic E-state index is 0.677. The van der Waals surface area contributed by atoms with E-state index in [0.29, 0.717) is 6.04 Å². The van der Waals surface area contributed by atoms with E-state index in [-0.39, 0.29) is 0 Å². The first kappa shape index (κ1) is 11.7. The first-order valence-corrected chi connectivity index (χ1v) is 6.22. The van der Waals surface area contributed by atoms with E-state index in [4.69, 9.17) is 0 Å². The molecule has 0 saturated heterocycles. The van der Waals surface area contributed by atoms with E-state index in [1.54, 1.807) is 11.3 Å². The zero-order valence-electron chi connectivity index (χ0n) is 9.34. The SMILES string of the molecule is CCC(CCCc1nc(C)cs1)NC. The lowest BCUT2D eigenvalue weighted by atomic mass is 10.1. The van der Waals surface area contributed by atoms with E-state index in [0.717, 1.165) is 12.1 Å². The molecular formula is C11H20N2S. The van der Waals surface area contributed by atoms with Crippen LogP contribution < -0.4 is 5.32 Å².